The third-order valence-electron chi connectivity index (χ3n) is 3.27. The van der Waals surface area contributed by atoms with E-state index in [9.17, 15) is 0 Å². The first kappa shape index (κ1) is 14.1. The molecule has 0 bridgehead atoms. The minimum absolute atomic E-state index is 0.372. The monoisotopic (exact) mass is 317 g/mol. The van der Waals surface area contributed by atoms with Crippen molar-refractivity contribution in [1.82, 2.24) is 9.97 Å². The standard InChI is InChI=1S/C16H13Cl2N3/c1-21(2)11-8-6-10(7-9-11)16-19-13-5-3-4-12(17)14(13)15(18)20-16/h3-9H,1-2H3. The van der Waals surface area contributed by atoms with Crippen LogP contribution in [0.4, 0.5) is 5.69 Å². The summed E-state index contributed by atoms with van der Waals surface area (Å²) in [5.41, 5.74) is 2.78. The van der Waals surface area contributed by atoms with E-state index in [4.69, 9.17) is 23.2 Å². The SMILES string of the molecule is CN(C)c1ccc(-c2nc(Cl)c3c(Cl)cccc3n2)cc1. The molecule has 21 heavy (non-hydrogen) atoms. The molecule has 1 heterocycles. The van der Waals surface area contributed by atoms with Crippen LogP contribution in [0, 0.1) is 0 Å². The molecule has 3 rings (SSSR count). The lowest BCUT2D eigenvalue weighted by Gasteiger charge is -2.12. The molecule has 0 spiro atoms. The summed E-state index contributed by atoms with van der Waals surface area (Å²) in [5, 5.41) is 1.62. The second kappa shape index (κ2) is 5.51. The summed E-state index contributed by atoms with van der Waals surface area (Å²) >= 11 is 12.4. The van der Waals surface area contributed by atoms with Crippen molar-refractivity contribution in [2.75, 3.05) is 19.0 Å². The van der Waals surface area contributed by atoms with Gasteiger partial charge in [0.05, 0.1) is 15.9 Å². The normalized spacial score (nSPS) is 10.9. The van der Waals surface area contributed by atoms with Crippen molar-refractivity contribution in [2.24, 2.45) is 0 Å². The van der Waals surface area contributed by atoms with Gasteiger partial charge < -0.3 is 4.90 Å². The average molecular weight is 318 g/mol. The second-order valence-corrected chi connectivity index (χ2v) is 5.68. The highest BCUT2D eigenvalue weighted by Gasteiger charge is 2.10. The van der Waals surface area contributed by atoms with E-state index in [2.05, 4.69) is 9.97 Å². The largest absolute Gasteiger partial charge is 0.378 e. The van der Waals surface area contributed by atoms with Crippen LogP contribution in [0.1, 0.15) is 0 Å². The van der Waals surface area contributed by atoms with Crippen molar-refractivity contribution in [2.45, 2.75) is 0 Å². The zero-order valence-electron chi connectivity index (χ0n) is 11.6. The predicted molar refractivity (Wildman–Crippen MR) is 89.3 cm³/mol. The maximum absolute atomic E-state index is 6.26. The molecule has 3 nitrogen and oxygen atoms in total. The van der Waals surface area contributed by atoms with Gasteiger partial charge in [-0.3, -0.25) is 0 Å². The molecule has 3 aromatic rings. The third-order valence-corrected chi connectivity index (χ3v) is 3.86. The van der Waals surface area contributed by atoms with Crippen LogP contribution in [0.5, 0.6) is 0 Å². The fourth-order valence-corrected chi connectivity index (χ4v) is 2.72. The number of hydrogen-bond acceptors (Lipinski definition) is 3. The van der Waals surface area contributed by atoms with Gasteiger partial charge in [0.2, 0.25) is 0 Å². The quantitative estimate of drug-likeness (QED) is 0.643. The molecule has 0 aliphatic heterocycles. The second-order valence-electron chi connectivity index (χ2n) is 4.91. The van der Waals surface area contributed by atoms with Gasteiger partial charge in [-0.1, -0.05) is 29.3 Å². The van der Waals surface area contributed by atoms with Gasteiger partial charge in [-0.05, 0) is 36.4 Å². The van der Waals surface area contributed by atoms with Crippen molar-refractivity contribution in [3.8, 4) is 11.4 Å². The van der Waals surface area contributed by atoms with Crippen molar-refractivity contribution < 1.29 is 0 Å². The van der Waals surface area contributed by atoms with E-state index >= 15 is 0 Å². The van der Waals surface area contributed by atoms with Gasteiger partial charge in [-0.2, -0.15) is 0 Å². The van der Waals surface area contributed by atoms with Crippen LogP contribution < -0.4 is 4.90 Å². The lowest BCUT2D eigenvalue weighted by molar-refractivity contribution is 1.13. The Morgan fingerprint density at radius 3 is 2.29 bits per heavy atom. The predicted octanol–water partition coefficient (Wildman–Crippen LogP) is 4.67. The Balaban J connectivity index is 2.13. The van der Waals surface area contributed by atoms with E-state index in [1.165, 1.54) is 0 Å². The van der Waals surface area contributed by atoms with Gasteiger partial charge in [0.1, 0.15) is 5.15 Å². The molecule has 0 aliphatic rings. The van der Waals surface area contributed by atoms with Gasteiger partial charge in [-0.15, -0.1) is 0 Å². The highest BCUT2D eigenvalue weighted by atomic mass is 35.5. The number of benzene rings is 2. The number of rotatable bonds is 2. The highest BCUT2D eigenvalue weighted by molar-refractivity contribution is 6.41. The molecule has 5 heteroatoms. The molecule has 0 unspecified atom stereocenters. The number of halogens is 2. The Morgan fingerprint density at radius 1 is 0.905 bits per heavy atom. The minimum Gasteiger partial charge on any atom is -0.378 e. The summed E-state index contributed by atoms with van der Waals surface area (Å²) in [4.78, 5) is 11.0. The molecule has 0 amide bonds. The summed E-state index contributed by atoms with van der Waals surface area (Å²) in [7, 11) is 4.00. The molecule has 0 aliphatic carbocycles. The molecular weight excluding hydrogens is 305 g/mol. The van der Waals surface area contributed by atoms with Crippen LogP contribution >= 0.6 is 23.2 Å². The van der Waals surface area contributed by atoms with Gasteiger partial charge >= 0.3 is 0 Å². The van der Waals surface area contributed by atoms with Crippen LogP contribution in [0.3, 0.4) is 0 Å². The number of hydrogen-bond donors (Lipinski definition) is 0. The molecule has 0 atom stereocenters. The topological polar surface area (TPSA) is 29.0 Å². The summed E-state index contributed by atoms with van der Waals surface area (Å²) < 4.78 is 0. The Bertz CT molecular complexity index is 798. The van der Waals surface area contributed by atoms with Crippen LogP contribution in [-0.4, -0.2) is 24.1 Å². The fourth-order valence-electron chi connectivity index (χ4n) is 2.14. The maximum atomic E-state index is 6.26. The van der Waals surface area contributed by atoms with Crippen molar-refractivity contribution in [3.05, 3.63) is 52.6 Å². The number of anilines is 1. The number of nitrogens with zero attached hydrogens (tertiary/aromatic N) is 3. The van der Waals surface area contributed by atoms with Crippen molar-refractivity contribution in [3.63, 3.8) is 0 Å². The Kier molecular flexibility index (Phi) is 3.70. The fraction of sp³-hybridized carbons (Fsp3) is 0.125. The van der Waals surface area contributed by atoms with Crippen LogP contribution in [0.2, 0.25) is 10.2 Å². The van der Waals surface area contributed by atoms with Gasteiger partial charge in [-0.25, -0.2) is 9.97 Å². The van der Waals surface area contributed by atoms with Crippen LogP contribution in [0.25, 0.3) is 22.3 Å². The van der Waals surface area contributed by atoms with E-state index in [-0.39, 0.29) is 0 Å². The molecule has 0 fully saturated rings. The van der Waals surface area contributed by atoms with Gasteiger partial charge in [0.15, 0.2) is 5.82 Å². The lowest BCUT2D eigenvalue weighted by Crippen LogP contribution is -2.08. The highest BCUT2D eigenvalue weighted by Crippen LogP contribution is 2.30. The summed E-state index contributed by atoms with van der Waals surface area (Å²) in [6, 6.07) is 13.5. The Hall–Kier alpha value is -1.84. The molecule has 106 valence electrons. The van der Waals surface area contributed by atoms with Gasteiger partial charge in [0, 0.05) is 25.3 Å². The minimum atomic E-state index is 0.372. The van der Waals surface area contributed by atoms with Crippen LogP contribution in [0.15, 0.2) is 42.5 Å². The molecule has 2 aromatic carbocycles. The summed E-state index contributed by atoms with van der Waals surface area (Å²) in [6.45, 7) is 0. The lowest BCUT2D eigenvalue weighted by atomic mass is 10.1. The molecular formula is C16H13Cl2N3. The van der Waals surface area contributed by atoms with E-state index < -0.39 is 0 Å². The molecule has 0 radical (unpaired) electrons. The first-order valence-corrected chi connectivity index (χ1v) is 7.21. The van der Waals surface area contributed by atoms with Gasteiger partial charge in [0.25, 0.3) is 0 Å². The van der Waals surface area contributed by atoms with Crippen molar-refractivity contribution in [1.29, 1.82) is 0 Å². The Labute approximate surface area is 133 Å². The van der Waals surface area contributed by atoms with E-state index in [0.717, 1.165) is 16.8 Å². The third kappa shape index (κ3) is 2.67. The summed E-state index contributed by atoms with van der Waals surface area (Å²) in [6.07, 6.45) is 0. The zero-order valence-corrected chi connectivity index (χ0v) is 13.2. The first-order valence-electron chi connectivity index (χ1n) is 6.46. The molecule has 0 saturated carbocycles. The van der Waals surface area contributed by atoms with Crippen LogP contribution in [-0.2, 0) is 0 Å². The molecule has 0 N–H and O–H groups in total. The number of aromatic nitrogens is 2. The van der Waals surface area contributed by atoms with E-state index in [1.807, 2.05) is 55.4 Å². The zero-order chi connectivity index (χ0) is 15.0. The molecule has 0 saturated heterocycles. The van der Waals surface area contributed by atoms with Crippen molar-refractivity contribution >= 4 is 39.8 Å². The maximum Gasteiger partial charge on any atom is 0.161 e. The number of fused-ring (bicyclic) bond motifs is 1. The first-order chi connectivity index (χ1) is 10.1. The van der Waals surface area contributed by atoms with E-state index in [0.29, 0.717) is 21.4 Å². The molecule has 1 aromatic heterocycles. The average Bonchev–Trinajstić information content (AvgIpc) is 2.47. The summed E-state index contributed by atoms with van der Waals surface area (Å²) in [5.74, 6) is 0.597. The van der Waals surface area contributed by atoms with E-state index in [1.54, 1.807) is 6.07 Å². The smallest absolute Gasteiger partial charge is 0.161 e. The Morgan fingerprint density at radius 2 is 1.62 bits per heavy atom.